The molecule has 14 heavy (non-hydrogen) atoms. The number of unbranched alkanes of at least 4 members (excludes halogenated alkanes) is 2. The van der Waals surface area contributed by atoms with Crippen LogP contribution in [0, 0.1) is 0 Å². The van der Waals surface area contributed by atoms with E-state index in [9.17, 15) is 0 Å². The second-order valence-corrected chi connectivity index (χ2v) is 15.5. The summed E-state index contributed by atoms with van der Waals surface area (Å²) in [5, 5.41) is 0. The van der Waals surface area contributed by atoms with Crippen molar-refractivity contribution in [2.45, 2.75) is 53.8 Å². The first-order valence-corrected chi connectivity index (χ1v) is 15.8. The molecule has 0 saturated carbocycles. The van der Waals surface area contributed by atoms with Gasteiger partial charge in [-0.3, -0.25) is 0 Å². The standard InChI is InChI=1S/C10H22P.2CH3.Sn/c1-4-7-9-11(6-3)10-8-5-2;;;/h3-10H2,1-2H3;2*1H3;. The monoisotopic (exact) mass is 323 g/mol. The topological polar surface area (TPSA) is 0 Å². The molecule has 0 nitrogen and oxygen atoms in total. The molecule has 0 aromatic carbocycles. The van der Waals surface area contributed by atoms with Gasteiger partial charge in [-0.1, -0.05) is 0 Å². The molecule has 0 amide bonds. The maximum atomic E-state index is 2.55. The average molecular weight is 322 g/mol. The molecule has 0 rings (SSSR count). The van der Waals surface area contributed by atoms with Gasteiger partial charge in [0, 0.05) is 0 Å². The van der Waals surface area contributed by atoms with Crippen LogP contribution in [0.3, 0.4) is 0 Å². The van der Waals surface area contributed by atoms with Gasteiger partial charge in [0.25, 0.3) is 0 Å². The van der Waals surface area contributed by atoms with E-state index in [-0.39, 0.29) is 0 Å². The minimum absolute atomic E-state index is 0.444. The molecule has 0 saturated heterocycles. The molecule has 0 heterocycles. The fraction of sp³-hybridized carbons (Fsp3) is 1.00. The predicted octanol–water partition coefficient (Wildman–Crippen LogP) is 4.82. The Balaban J connectivity index is 3.60. The Morgan fingerprint density at radius 2 is 1.36 bits per heavy atom. The molecule has 0 aliphatic rings. The van der Waals surface area contributed by atoms with Gasteiger partial charge in [-0.05, 0) is 0 Å². The van der Waals surface area contributed by atoms with E-state index in [1.54, 1.807) is 22.9 Å². The molecule has 0 fully saturated rings. The Bertz CT molecular complexity index is 107. The van der Waals surface area contributed by atoms with Crippen LogP contribution < -0.4 is 0 Å². The summed E-state index contributed by atoms with van der Waals surface area (Å²) in [5.74, 6) is 0. The molecule has 0 aliphatic heterocycles. The van der Waals surface area contributed by atoms with Gasteiger partial charge < -0.3 is 0 Å². The van der Waals surface area contributed by atoms with Crippen molar-refractivity contribution in [1.29, 1.82) is 0 Å². The van der Waals surface area contributed by atoms with Gasteiger partial charge in [0.15, 0.2) is 0 Å². The Kier molecular flexibility index (Phi) is 11.7. The van der Waals surface area contributed by atoms with Gasteiger partial charge in [0.05, 0.1) is 0 Å². The first-order chi connectivity index (χ1) is 6.70. The van der Waals surface area contributed by atoms with Crippen molar-refractivity contribution in [1.82, 2.24) is 0 Å². The third-order valence-electron chi connectivity index (χ3n) is 2.58. The summed E-state index contributed by atoms with van der Waals surface area (Å²) in [6.07, 6.45) is 10.5. The van der Waals surface area contributed by atoms with Crippen molar-refractivity contribution in [3.05, 3.63) is 0 Å². The van der Waals surface area contributed by atoms with Crippen LogP contribution in [0.1, 0.15) is 39.5 Å². The Labute approximate surface area is 99.7 Å². The SMILES string of the molecule is CCCCP(CCCC)C[CH2][Sn]([CH3])[CH3]. The number of rotatable bonds is 9. The third-order valence-corrected chi connectivity index (χ3v) is 10.1. The van der Waals surface area contributed by atoms with Gasteiger partial charge in [-0.25, -0.2) is 0 Å². The molecule has 0 spiro atoms. The van der Waals surface area contributed by atoms with Crippen molar-refractivity contribution in [2.24, 2.45) is 0 Å². The molecule has 85 valence electrons. The van der Waals surface area contributed by atoms with E-state index in [1.165, 1.54) is 25.7 Å². The molecule has 0 bridgehead atoms. The van der Waals surface area contributed by atoms with E-state index in [4.69, 9.17) is 0 Å². The first kappa shape index (κ1) is 15.2. The summed E-state index contributed by atoms with van der Waals surface area (Å²) in [6, 6.07) is 0. The van der Waals surface area contributed by atoms with Gasteiger partial charge in [-0.15, -0.1) is 0 Å². The van der Waals surface area contributed by atoms with Crippen LogP contribution in [0.2, 0.25) is 14.3 Å². The van der Waals surface area contributed by atoms with E-state index >= 15 is 0 Å². The summed E-state index contributed by atoms with van der Waals surface area (Å²) in [5.41, 5.74) is 0. The van der Waals surface area contributed by atoms with Crippen LogP contribution in [-0.2, 0) is 0 Å². The molecule has 1 radical (unpaired) electrons. The Hall–Kier alpha value is 1.23. The van der Waals surface area contributed by atoms with Crippen LogP contribution >= 0.6 is 7.92 Å². The van der Waals surface area contributed by atoms with Crippen LogP contribution in [0.5, 0.6) is 0 Å². The number of hydrogen-bond acceptors (Lipinski definition) is 0. The maximum absolute atomic E-state index is 2.55. The predicted molar refractivity (Wildman–Crippen MR) is 73.6 cm³/mol. The van der Waals surface area contributed by atoms with Crippen molar-refractivity contribution < 1.29 is 0 Å². The van der Waals surface area contributed by atoms with Gasteiger partial charge in [-0.2, -0.15) is 0 Å². The van der Waals surface area contributed by atoms with Crippen molar-refractivity contribution in [3.63, 3.8) is 0 Å². The normalized spacial score (nSPS) is 11.6. The zero-order valence-electron chi connectivity index (χ0n) is 10.6. The molecular formula is C12H28PSn. The fourth-order valence-electron chi connectivity index (χ4n) is 1.48. The molecule has 0 aromatic heterocycles. The fourth-order valence-corrected chi connectivity index (χ4v) is 11.0. The van der Waals surface area contributed by atoms with Crippen LogP contribution in [0.4, 0.5) is 0 Å². The van der Waals surface area contributed by atoms with E-state index in [0.29, 0.717) is 7.92 Å². The minimum atomic E-state index is -0.771. The van der Waals surface area contributed by atoms with Crippen LogP contribution in [-0.4, -0.2) is 38.2 Å². The second-order valence-electron chi connectivity index (χ2n) is 4.51. The summed E-state index contributed by atoms with van der Waals surface area (Å²) >= 11 is -0.771. The van der Waals surface area contributed by atoms with E-state index in [1.807, 2.05) is 0 Å². The van der Waals surface area contributed by atoms with Crippen LogP contribution in [0.15, 0.2) is 0 Å². The zero-order chi connectivity index (χ0) is 10.8. The van der Waals surface area contributed by atoms with E-state index < -0.39 is 19.8 Å². The number of hydrogen-bond donors (Lipinski definition) is 0. The molecule has 0 aliphatic carbocycles. The van der Waals surface area contributed by atoms with Crippen LogP contribution in [0.25, 0.3) is 0 Å². The summed E-state index contributed by atoms with van der Waals surface area (Å²) in [6.45, 7) is 4.66. The van der Waals surface area contributed by atoms with Gasteiger partial charge in [0.2, 0.25) is 0 Å². The van der Waals surface area contributed by atoms with E-state index in [0.717, 1.165) is 0 Å². The molecule has 0 unspecified atom stereocenters. The van der Waals surface area contributed by atoms with Gasteiger partial charge >= 0.3 is 100 Å². The summed E-state index contributed by atoms with van der Waals surface area (Å²) < 4.78 is 1.65. The van der Waals surface area contributed by atoms with Gasteiger partial charge in [0.1, 0.15) is 0 Å². The molecule has 0 N–H and O–H groups in total. The Morgan fingerprint density at radius 1 is 0.857 bits per heavy atom. The van der Waals surface area contributed by atoms with E-state index in [2.05, 4.69) is 23.7 Å². The molecule has 0 atom stereocenters. The quantitative estimate of drug-likeness (QED) is 0.422. The average Bonchev–Trinajstić information content (AvgIpc) is 2.16. The van der Waals surface area contributed by atoms with Crippen molar-refractivity contribution in [3.8, 4) is 0 Å². The Morgan fingerprint density at radius 3 is 1.71 bits per heavy atom. The molecule has 2 heteroatoms. The zero-order valence-corrected chi connectivity index (χ0v) is 14.4. The van der Waals surface area contributed by atoms with Crippen molar-refractivity contribution in [2.75, 3.05) is 18.5 Å². The molecule has 0 aromatic rings. The third kappa shape index (κ3) is 9.77. The first-order valence-electron chi connectivity index (χ1n) is 6.22. The molecular weight excluding hydrogens is 294 g/mol. The second kappa shape index (κ2) is 10.7. The summed E-state index contributed by atoms with van der Waals surface area (Å²) in [7, 11) is 0.444. The summed E-state index contributed by atoms with van der Waals surface area (Å²) in [4.78, 5) is 5.10. The van der Waals surface area contributed by atoms with Crippen molar-refractivity contribution >= 4 is 27.7 Å².